The smallest absolute Gasteiger partial charge is 0.268 e. The van der Waals surface area contributed by atoms with E-state index >= 15 is 0 Å². The Hall–Kier alpha value is -3.62. The summed E-state index contributed by atoms with van der Waals surface area (Å²) in [5.74, 6) is 1.30. The lowest BCUT2D eigenvalue weighted by molar-refractivity contribution is -0.122. The van der Waals surface area contributed by atoms with E-state index in [1.54, 1.807) is 42.8 Å². The minimum absolute atomic E-state index is 0.247. The molecule has 0 unspecified atom stereocenters. The molecule has 0 saturated heterocycles. The summed E-state index contributed by atoms with van der Waals surface area (Å²) >= 11 is 0. The molecule has 2 N–H and O–H groups in total. The number of hydrogen-bond donors (Lipinski definition) is 2. The van der Waals surface area contributed by atoms with E-state index in [1.165, 1.54) is 27.6 Å². The fourth-order valence-electron chi connectivity index (χ4n) is 3.28. The number of furan rings is 1. The van der Waals surface area contributed by atoms with Crippen molar-refractivity contribution in [3.63, 3.8) is 0 Å². The van der Waals surface area contributed by atoms with Gasteiger partial charge in [0.15, 0.2) is 11.5 Å². The standard InChI is InChI=1S/C21H25N3O6/c1-12(20(25)22-11-14-7-6-8-30-14)23-21(26)15-9-13-10-16(27-3)18(28-4)19(29-5)17(13)24(15)2/h6-10,12H,11H2,1-5H3,(H,22,25)(H,23,26)/t12-/m0/s1. The Balaban J connectivity index is 1.82. The molecule has 1 atom stereocenters. The van der Waals surface area contributed by atoms with Crippen LogP contribution in [0.15, 0.2) is 34.9 Å². The molecule has 0 saturated carbocycles. The van der Waals surface area contributed by atoms with Crippen LogP contribution in [0.3, 0.4) is 0 Å². The number of amides is 2. The van der Waals surface area contributed by atoms with E-state index in [9.17, 15) is 9.59 Å². The van der Waals surface area contributed by atoms with Crippen LogP contribution in [0.25, 0.3) is 10.9 Å². The van der Waals surface area contributed by atoms with Gasteiger partial charge in [0.25, 0.3) is 5.91 Å². The van der Waals surface area contributed by atoms with Gasteiger partial charge in [0.1, 0.15) is 17.5 Å². The first-order valence-corrected chi connectivity index (χ1v) is 9.30. The van der Waals surface area contributed by atoms with Crippen molar-refractivity contribution in [1.82, 2.24) is 15.2 Å². The first kappa shape index (κ1) is 21.1. The number of ether oxygens (including phenoxy) is 3. The van der Waals surface area contributed by atoms with Gasteiger partial charge in [-0.05, 0) is 31.2 Å². The summed E-state index contributed by atoms with van der Waals surface area (Å²) in [5.41, 5.74) is 1.04. The molecule has 0 aliphatic heterocycles. The van der Waals surface area contributed by atoms with Crippen molar-refractivity contribution in [3.05, 3.63) is 42.0 Å². The molecule has 2 amide bonds. The molecule has 9 nitrogen and oxygen atoms in total. The molecule has 0 fully saturated rings. The highest BCUT2D eigenvalue weighted by atomic mass is 16.5. The average Bonchev–Trinajstić information content (AvgIpc) is 3.38. The van der Waals surface area contributed by atoms with Gasteiger partial charge >= 0.3 is 0 Å². The van der Waals surface area contributed by atoms with E-state index in [1.807, 2.05) is 0 Å². The Kier molecular flexibility index (Phi) is 6.20. The lowest BCUT2D eigenvalue weighted by Crippen LogP contribution is -2.44. The fraction of sp³-hybridized carbons (Fsp3) is 0.333. The number of carbonyl (C=O) groups is 2. The third kappa shape index (κ3) is 3.91. The molecule has 0 radical (unpaired) electrons. The summed E-state index contributed by atoms with van der Waals surface area (Å²) in [6.45, 7) is 1.86. The summed E-state index contributed by atoms with van der Waals surface area (Å²) in [5, 5.41) is 6.18. The zero-order valence-electron chi connectivity index (χ0n) is 17.6. The SMILES string of the molecule is COc1cc2cc(C(=O)N[C@@H](C)C(=O)NCc3ccco3)n(C)c2c(OC)c1OC. The predicted molar refractivity (Wildman–Crippen MR) is 110 cm³/mol. The Labute approximate surface area is 173 Å². The Bertz CT molecular complexity index is 1050. The summed E-state index contributed by atoms with van der Waals surface area (Å²) in [7, 11) is 6.32. The molecular formula is C21H25N3O6. The maximum absolute atomic E-state index is 12.9. The number of rotatable bonds is 8. The molecule has 0 bridgehead atoms. The Morgan fingerprint density at radius 1 is 1.13 bits per heavy atom. The molecular weight excluding hydrogens is 390 g/mol. The minimum Gasteiger partial charge on any atom is -0.493 e. The van der Waals surface area contributed by atoms with E-state index < -0.39 is 11.9 Å². The topological polar surface area (TPSA) is 104 Å². The van der Waals surface area contributed by atoms with Crippen molar-refractivity contribution in [2.24, 2.45) is 7.05 Å². The number of aromatic nitrogens is 1. The summed E-state index contributed by atoms with van der Waals surface area (Å²) in [6.07, 6.45) is 1.53. The molecule has 0 aliphatic carbocycles. The molecule has 9 heteroatoms. The fourth-order valence-corrected chi connectivity index (χ4v) is 3.28. The second-order valence-electron chi connectivity index (χ2n) is 6.66. The summed E-state index contributed by atoms with van der Waals surface area (Å²) in [4.78, 5) is 25.2. The van der Waals surface area contributed by atoms with Crippen LogP contribution in [-0.2, 0) is 18.4 Å². The van der Waals surface area contributed by atoms with E-state index in [4.69, 9.17) is 18.6 Å². The van der Waals surface area contributed by atoms with E-state index in [2.05, 4.69) is 10.6 Å². The summed E-state index contributed by atoms with van der Waals surface area (Å²) in [6, 6.07) is 6.24. The number of aryl methyl sites for hydroxylation is 1. The van der Waals surface area contributed by atoms with Gasteiger partial charge in [0, 0.05) is 12.4 Å². The largest absolute Gasteiger partial charge is 0.493 e. The van der Waals surface area contributed by atoms with Crippen LogP contribution in [0.1, 0.15) is 23.2 Å². The van der Waals surface area contributed by atoms with Gasteiger partial charge in [0.05, 0.1) is 39.7 Å². The number of hydrogen-bond acceptors (Lipinski definition) is 6. The van der Waals surface area contributed by atoms with Gasteiger partial charge in [-0.2, -0.15) is 0 Å². The van der Waals surface area contributed by atoms with Crippen molar-refractivity contribution >= 4 is 22.7 Å². The van der Waals surface area contributed by atoms with E-state index in [0.29, 0.717) is 34.2 Å². The Morgan fingerprint density at radius 3 is 2.47 bits per heavy atom. The zero-order valence-corrected chi connectivity index (χ0v) is 17.6. The predicted octanol–water partition coefficient (Wildman–Crippen LogP) is 2.23. The van der Waals surface area contributed by atoms with Crippen molar-refractivity contribution in [2.75, 3.05) is 21.3 Å². The monoisotopic (exact) mass is 415 g/mol. The van der Waals surface area contributed by atoms with Crippen LogP contribution in [0.5, 0.6) is 17.2 Å². The number of nitrogens with one attached hydrogen (secondary N) is 2. The molecule has 160 valence electrons. The van der Waals surface area contributed by atoms with Crippen LogP contribution >= 0.6 is 0 Å². The van der Waals surface area contributed by atoms with Crippen LogP contribution in [0, 0.1) is 0 Å². The third-order valence-electron chi connectivity index (χ3n) is 4.81. The normalized spacial score (nSPS) is 11.8. The maximum atomic E-state index is 12.9. The van der Waals surface area contributed by atoms with Gasteiger partial charge in [-0.25, -0.2) is 0 Å². The molecule has 3 rings (SSSR count). The molecule has 3 aromatic rings. The molecule has 0 aliphatic rings. The van der Waals surface area contributed by atoms with E-state index in [0.717, 1.165) is 5.39 Å². The second-order valence-corrected chi connectivity index (χ2v) is 6.66. The van der Waals surface area contributed by atoms with Crippen molar-refractivity contribution in [1.29, 1.82) is 0 Å². The summed E-state index contributed by atoms with van der Waals surface area (Å²) < 4.78 is 23.2. The van der Waals surface area contributed by atoms with Crippen molar-refractivity contribution < 1.29 is 28.2 Å². The van der Waals surface area contributed by atoms with Gasteiger partial charge in [-0.15, -0.1) is 0 Å². The van der Waals surface area contributed by atoms with Crippen molar-refractivity contribution in [3.8, 4) is 17.2 Å². The molecule has 0 spiro atoms. The van der Waals surface area contributed by atoms with Crippen LogP contribution in [-0.4, -0.2) is 43.8 Å². The highest BCUT2D eigenvalue weighted by Crippen LogP contribution is 2.44. The minimum atomic E-state index is -0.739. The highest BCUT2D eigenvalue weighted by molar-refractivity contribution is 6.03. The Morgan fingerprint density at radius 2 is 1.87 bits per heavy atom. The molecule has 30 heavy (non-hydrogen) atoms. The number of fused-ring (bicyclic) bond motifs is 1. The van der Waals surface area contributed by atoms with Gasteiger partial charge in [-0.3, -0.25) is 9.59 Å². The van der Waals surface area contributed by atoms with Gasteiger partial charge < -0.3 is 33.8 Å². The average molecular weight is 415 g/mol. The lowest BCUT2D eigenvalue weighted by atomic mass is 10.2. The second kappa shape index (κ2) is 8.81. The van der Waals surface area contributed by atoms with Gasteiger partial charge in [-0.1, -0.05) is 0 Å². The number of nitrogens with zero attached hydrogens (tertiary/aromatic N) is 1. The maximum Gasteiger partial charge on any atom is 0.268 e. The molecule has 2 heterocycles. The van der Waals surface area contributed by atoms with Crippen LogP contribution in [0.4, 0.5) is 0 Å². The van der Waals surface area contributed by atoms with Crippen LogP contribution < -0.4 is 24.8 Å². The van der Waals surface area contributed by atoms with Crippen LogP contribution in [0.2, 0.25) is 0 Å². The molecule has 2 aromatic heterocycles. The number of methoxy groups -OCH3 is 3. The first-order valence-electron chi connectivity index (χ1n) is 9.30. The first-order chi connectivity index (χ1) is 14.4. The quantitative estimate of drug-likeness (QED) is 0.585. The van der Waals surface area contributed by atoms with Gasteiger partial charge in [0.2, 0.25) is 11.7 Å². The third-order valence-corrected chi connectivity index (χ3v) is 4.81. The van der Waals surface area contributed by atoms with Crippen molar-refractivity contribution in [2.45, 2.75) is 19.5 Å². The zero-order chi connectivity index (χ0) is 21.8. The number of benzene rings is 1. The lowest BCUT2D eigenvalue weighted by Gasteiger charge is -2.15. The van der Waals surface area contributed by atoms with E-state index in [-0.39, 0.29) is 12.5 Å². The molecule has 1 aromatic carbocycles. The highest BCUT2D eigenvalue weighted by Gasteiger charge is 2.24. The number of carbonyl (C=O) groups excluding carboxylic acids is 2.